The van der Waals surface area contributed by atoms with Gasteiger partial charge in [0.2, 0.25) is 0 Å². The molecule has 0 radical (unpaired) electrons. The van der Waals surface area contributed by atoms with Crippen LogP contribution < -0.4 is 5.32 Å². The van der Waals surface area contributed by atoms with Gasteiger partial charge in [-0.15, -0.1) is 0 Å². The van der Waals surface area contributed by atoms with Gasteiger partial charge in [-0.25, -0.2) is 8.42 Å². The summed E-state index contributed by atoms with van der Waals surface area (Å²) < 4.78 is 29.9. The van der Waals surface area contributed by atoms with Crippen molar-refractivity contribution in [2.75, 3.05) is 38.5 Å². The highest BCUT2D eigenvalue weighted by Gasteiger charge is 2.29. The van der Waals surface area contributed by atoms with Crippen molar-refractivity contribution in [3.63, 3.8) is 0 Å². The molecule has 0 amide bonds. The second-order valence-electron chi connectivity index (χ2n) is 7.83. The lowest BCUT2D eigenvalue weighted by molar-refractivity contribution is -0.00831. The molecule has 1 saturated heterocycles. The van der Waals surface area contributed by atoms with Crippen molar-refractivity contribution in [2.24, 2.45) is 4.99 Å². The van der Waals surface area contributed by atoms with Gasteiger partial charge in [0.05, 0.1) is 30.2 Å². The molecule has 27 heavy (non-hydrogen) atoms. The lowest BCUT2D eigenvalue weighted by Gasteiger charge is -2.35. The van der Waals surface area contributed by atoms with Crippen LogP contribution in [0.15, 0.2) is 29.3 Å². The van der Waals surface area contributed by atoms with Crippen LogP contribution in [0.25, 0.3) is 0 Å². The van der Waals surface area contributed by atoms with Crippen LogP contribution in [0.4, 0.5) is 0 Å². The van der Waals surface area contributed by atoms with Gasteiger partial charge in [-0.05, 0) is 45.7 Å². The largest absolute Gasteiger partial charge is 0.370 e. The van der Waals surface area contributed by atoms with E-state index in [1.165, 1.54) is 11.1 Å². The number of aliphatic imine (C=N–C) groups is 1. The number of ether oxygens (including phenoxy) is 1. The van der Waals surface area contributed by atoms with E-state index in [4.69, 9.17) is 4.74 Å². The third-order valence-corrected chi connectivity index (χ3v) is 7.38. The average Bonchev–Trinajstić information content (AvgIpc) is 2.60. The molecular weight excluding hydrogens is 362 g/mol. The number of aryl methyl sites for hydroxylation is 1. The van der Waals surface area contributed by atoms with Gasteiger partial charge in [-0.2, -0.15) is 0 Å². The first-order chi connectivity index (χ1) is 12.7. The third kappa shape index (κ3) is 5.69. The van der Waals surface area contributed by atoms with Crippen molar-refractivity contribution in [3.8, 4) is 0 Å². The van der Waals surface area contributed by atoms with E-state index < -0.39 is 14.6 Å². The van der Waals surface area contributed by atoms with Crippen molar-refractivity contribution in [1.82, 2.24) is 10.2 Å². The fraction of sp³-hybridized carbons (Fsp3) is 0.650. The molecule has 1 aromatic rings. The van der Waals surface area contributed by atoms with Crippen molar-refractivity contribution in [3.05, 3.63) is 35.4 Å². The van der Waals surface area contributed by atoms with Gasteiger partial charge in [-0.1, -0.05) is 24.3 Å². The number of sulfone groups is 1. The Hall–Kier alpha value is -1.60. The second kappa shape index (κ2) is 9.06. The maximum atomic E-state index is 12.3. The van der Waals surface area contributed by atoms with Crippen LogP contribution in [0.5, 0.6) is 0 Å². The molecule has 0 spiro atoms. The number of guanidine groups is 1. The molecule has 6 nitrogen and oxygen atoms in total. The molecule has 1 unspecified atom stereocenters. The lowest BCUT2D eigenvalue weighted by Crippen LogP contribution is -2.48. The minimum Gasteiger partial charge on any atom is -0.370 e. The highest BCUT2D eigenvalue weighted by Crippen LogP contribution is 2.25. The van der Waals surface area contributed by atoms with Gasteiger partial charge in [0.25, 0.3) is 0 Å². The zero-order valence-corrected chi connectivity index (χ0v) is 18.0. The van der Waals surface area contributed by atoms with Gasteiger partial charge < -0.3 is 15.0 Å². The Morgan fingerprint density at radius 2 is 2.04 bits per heavy atom. The van der Waals surface area contributed by atoms with E-state index in [-0.39, 0.29) is 18.4 Å². The predicted molar refractivity (Wildman–Crippen MR) is 111 cm³/mol. The second-order valence-corrected chi connectivity index (χ2v) is 10.7. The Morgan fingerprint density at radius 3 is 2.67 bits per heavy atom. The summed E-state index contributed by atoms with van der Waals surface area (Å²) in [6, 6.07) is 8.25. The quantitative estimate of drug-likeness (QED) is 0.613. The minimum absolute atomic E-state index is 0.0119. The van der Waals surface area contributed by atoms with E-state index in [1.54, 1.807) is 20.8 Å². The molecule has 1 aliphatic rings. The maximum Gasteiger partial charge on any atom is 0.194 e. The Balaban J connectivity index is 2.10. The number of benzene rings is 1. The van der Waals surface area contributed by atoms with E-state index in [9.17, 15) is 8.42 Å². The number of nitrogens with one attached hydrogen (secondary N) is 1. The first-order valence-corrected chi connectivity index (χ1v) is 11.2. The summed E-state index contributed by atoms with van der Waals surface area (Å²) >= 11 is 0. The molecule has 1 heterocycles. The molecule has 0 saturated carbocycles. The number of hydrogen-bond donors (Lipinski definition) is 1. The van der Waals surface area contributed by atoms with Gasteiger partial charge in [0, 0.05) is 13.1 Å². The molecule has 1 atom stereocenters. The predicted octanol–water partition coefficient (Wildman–Crippen LogP) is 2.55. The van der Waals surface area contributed by atoms with E-state index in [2.05, 4.69) is 34.3 Å². The Morgan fingerprint density at radius 1 is 1.33 bits per heavy atom. The lowest BCUT2D eigenvalue weighted by atomic mass is 10.0. The number of nitrogens with zero attached hydrogens (tertiary/aromatic N) is 2. The van der Waals surface area contributed by atoms with Crippen LogP contribution in [0.3, 0.4) is 0 Å². The van der Waals surface area contributed by atoms with Gasteiger partial charge in [0.15, 0.2) is 15.8 Å². The van der Waals surface area contributed by atoms with Crippen molar-refractivity contribution in [2.45, 2.75) is 45.5 Å². The normalized spacial score (nSPS) is 19.2. The molecule has 1 aromatic carbocycles. The maximum absolute atomic E-state index is 12.3. The standard InChI is InChI=1S/C20H33N3O3S/c1-6-21-19(22-11-14-27(24,25)20(3,4)5)23-12-13-26-18(15-23)17-10-8-7-9-16(17)2/h7-10,18H,6,11-15H2,1-5H3,(H,21,22). The molecule has 0 bridgehead atoms. The highest BCUT2D eigenvalue weighted by atomic mass is 32.2. The minimum atomic E-state index is -3.18. The summed E-state index contributed by atoms with van der Waals surface area (Å²) in [7, 11) is -3.18. The number of rotatable bonds is 5. The van der Waals surface area contributed by atoms with Crippen molar-refractivity contribution >= 4 is 15.8 Å². The Labute approximate surface area is 163 Å². The van der Waals surface area contributed by atoms with Crippen molar-refractivity contribution < 1.29 is 13.2 Å². The molecular formula is C20H33N3O3S. The monoisotopic (exact) mass is 395 g/mol. The molecule has 152 valence electrons. The van der Waals surface area contributed by atoms with E-state index in [0.29, 0.717) is 13.2 Å². The molecule has 0 aromatic heterocycles. The first kappa shape index (κ1) is 21.7. The van der Waals surface area contributed by atoms with Crippen LogP contribution in [0, 0.1) is 6.92 Å². The Bertz CT molecular complexity index is 754. The smallest absolute Gasteiger partial charge is 0.194 e. The number of hydrogen-bond acceptors (Lipinski definition) is 4. The summed E-state index contributed by atoms with van der Waals surface area (Å²) in [6.45, 7) is 12.3. The Kier molecular flexibility index (Phi) is 7.28. The molecule has 1 N–H and O–H groups in total. The molecule has 1 fully saturated rings. The van der Waals surface area contributed by atoms with E-state index in [0.717, 1.165) is 19.0 Å². The summed E-state index contributed by atoms with van der Waals surface area (Å²) in [5.41, 5.74) is 2.40. The SMILES string of the molecule is CCNC(=NCCS(=O)(=O)C(C)(C)C)N1CCOC(c2ccccc2C)C1. The van der Waals surface area contributed by atoms with Crippen LogP contribution in [-0.2, 0) is 14.6 Å². The van der Waals surface area contributed by atoms with Gasteiger partial charge >= 0.3 is 0 Å². The zero-order valence-electron chi connectivity index (χ0n) is 17.2. The molecule has 2 rings (SSSR count). The van der Waals surface area contributed by atoms with Gasteiger partial charge in [-0.3, -0.25) is 4.99 Å². The van der Waals surface area contributed by atoms with E-state index in [1.807, 2.05) is 19.1 Å². The topological polar surface area (TPSA) is 71.0 Å². The van der Waals surface area contributed by atoms with Crippen LogP contribution in [-0.4, -0.2) is 62.6 Å². The van der Waals surface area contributed by atoms with Crippen molar-refractivity contribution in [1.29, 1.82) is 0 Å². The average molecular weight is 396 g/mol. The summed E-state index contributed by atoms with van der Waals surface area (Å²) in [4.78, 5) is 6.74. The third-order valence-electron chi connectivity index (χ3n) is 4.79. The summed E-state index contributed by atoms with van der Waals surface area (Å²) in [6.07, 6.45) is -0.0119. The molecule has 0 aliphatic carbocycles. The molecule has 1 aliphatic heterocycles. The molecule has 7 heteroatoms. The first-order valence-electron chi connectivity index (χ1n) is 9.58. The zero-order chi connectivity index (χ0) is 20.1. The van der Waals surface area contributed by atoms with Crippen LogP contribution in [0.1, 0.15) is 44.9 Å². The van der Waals surface area contributed by atoms with Crippen LogP contribution >= 0.6 is 0 Å². The highest BCUT2D eigenvalue weighted by molar-refractivity contribution is 7.92. The van der Waals surface area contributed by atoms with Crippen LogP contribution in [0.2, 0.25) is 0 Å². The van der Waals surface area contributed by atoms with Gasteiger partial charge in [0.1, 0.15) is 6.10 Å². The summed E-state index contributed by atoms with van der Waals surface area (Å²) in [5.74, 6) is 0.806. The fourth-order valence-electron chi connectivity index (χ4n) is 2.98. The van der Waals surface area contributed by atoms with E-state index >= 15 is 0 Å². The fourth-order valence-corrected chi connectivity index (χ4v) is 3.93. The summed E-state index contributed by atoms with van der Waals surface area (Å²) in [5, 5.41) is 3.29. The number of morpholine rings is 1.